The minimum absolute atomic E-state index is 0.948. The first-order chi connectivity index (χ1) is 11.4. The van der Waals surface area contributed by atoms with Crippen LogP contribution in [0.3, 0.4) is 0 Å². The van der Waals surface area contributed by atoms with Gasteiger partial charge in [0.05, 0.1) is 5.39 Å². The predicted octanol–water partition coefficient (Wildman–Crippen LogP) is 4.54. The highest BCUT2D eigenvalue weighted by Crippen LogP contribution is 2.40. The van der Waals surface area contributed by atoms with Gasteiger partial charge in [-0.05, 0) is 48.3 Å². The molecule has 0 bridgehead atoms. The van der Waals surface area contributed by atoms with Crippen molar-refractivity contribution in [2.45, 2.75) is 25.7 Å². The highest BCUT2D eigenvalue weighted by Gasteiger charge is 2.24. The van der Waals surface area contributed by atoms with Gasteiger partial charge < -0.3 is 4.90 Å². The number of thiophene rings is 2. The molecule has 0 radical (unpaired) electrons. The first-order valence-electron chi connectivity index (χ1n) is 8.13. The van der Waals surface area contributed by atoms with Gasteiger partial charge in [0.25, 0.3) is 0 Å². The average Bonchev–Trinajstić information content (AvgIpc) is 3.31. The van der Waals surface area contributed by atoms with Crippen LogP contribution in [0.5, 0.6) is 0 Å². The van der Waals surface area contributed by atoms with E-state index < -0.39 is 0 Å². The molecule has 0 fully saturated rings. The summed E-state index contributed by atoms with van der Waals surface area (Å²) < 4.78 is 0. The van der Waals surface area contributed by atoms with Crippen LogP contribution in [-0.4, -0.2) is 23.1 Å². The van der Waals surface area contributed by atoms with Crippen LogP contribution >= 0.6 is 22.7 Å². The number of aryl methyl sites for hydroxylation is 2. The van der Waals surface area contributed by atoms with Gasteiger partial charge in [-0.3, -0.25) is 0 Å². The summed E-state index contributed by atoms with van der Waals surface area (Å²) in [5.74, 6) is 1.15. The first-order valence-corrected chi connectivity index (χ1v) is 9.83. The molecule has 1 aliphatic carbocycles. The second-order valence-corrected chi connectivity index (χ2v) is 8.17. The normalized spacial score (nSPS) is 17.6. The summed E-state index contributed by atoms with van der Waals surface area (Å²) in [4.78, 5) is 15.7. The smallest absolute Gasteiger partial charge is 0.141 e. The molecule has 5 rings (SSSR count). The molecule has 5 heteroatoms. The van der Waals surface area contributed by atoms with E-state index in [2.05, 4.69) is 38.5 Å². The van der Waals surface area contributed by atoms with E-state index in [0.717, 1.165) is 25.3 Å². The van der Waals surface area contributed by atoms with Crippen LogP contribution in [0.2, 0.25) is 0 Å². The monoisotopic (exact) mass is 339 g/mol. The van der Waals surface area contributed by atoms with E-state index in [4.69, 9.17) is 0 Å². The average molecular weight is 339 g/mol. The number of fused-ring (bicyclic) bond motifs is 3. The van der Waals surface area contributed by atoms with Crippen molar-refractivity contribution in [1.29, 1.82) is 0 Å². The van der Waals surface area contributed by atoms with Crippen molar-refractivity contribution in [2.24, 2.45) is 0 Å². The molecule has 0 spiro atoms. The molecule has 0 amide bonds. The molecule has 3 nitrogen and oxygen atoms in total. The maximum Gasteiger partial charge on any atom is 0.141 e. The second-order valence-electron chi connectivity index (χ2n) is 6.14. The fourth-order valence-corrected chi connectivity index (χ4v) is 5.72. The van der Waals surface area contributed by atoms with E-state index in [1.807, 2.05) is 22.7 Å². The number of nitrogens with zero attached hydrogens (tertiary/aromatic N) is 3. The van der Waals surface area contributed by atoms with Crippen LogP contribution in [0.4, 0.5) is 5.82 Å². The van der Waals surface area contributed by atoms with Crippen molar-refractivity contribution >= 4 is 44.3 Å². The Balaban J connectivity index is 1.52. The summed E-state index contributed by atoms with van der Waals surface area (Å²) in [7, 11) is 0. The molecular weight excluding hydrogens is 322 g/mol. The van der Waals surface area contributed by atoms with Crippen LogP contribution in [0.1, 0.15) is 28.2 Å². The zero-order valence-corrected chi connectivity index (χ0v) is 14.4. The second kappa shape index (κ2) is 5.42. The number of rotatable bonds is 2. The lowest BCUT2D eigenvalue weighted by molar-refractivity contribution is 0.819. The lowest BCUT2D eigenvalue weighted by atomic mass is 10.1. The van der Waals surface area contributed by atoms with Crippen LogP contribution < -0.4 is 4.90 Å². The van der Waals surface area contributed by atoms with Crippen molar-refractivity contribution in [3.63, 3.8) is 0 Å². The molecule has 3 aromatic rings. The molecule has 0 saturated heterocycles. The van der Waals surface area contributed by atoms with E-state index >= 15 is 0 Å². The molecule has 0 aromatic carbocycles. The minimum atomic E-state index is 0.948. The molecule has 23 heavy (non-hydrogen) atoms. The Morgan fingerprint density at radius 2 is 2.13 bits per heavy atom. The summed E-state index contributed by atoms with van der Waals surface area (Å²) in [5, 5.41) is 3.49. The standard InChI is InChI=1S/C18H17N3S2/c1-3-13-15(4-1)23-18-16(13)17(19-11-20-18)21-8-6-12(7-9-21)14-5-2-10-22-14/h2,5-6,10-11H,1,3-4,7-9H2. The summed E-state index contributed by atoms with van der Waals surface area (Å²) in [6, 6.07) is 4.36. The Kier molecular flexibility index (Phi) is 3.23. The van der Waals surface area contributed by atoms with Gasteiger partial charge in [0.1, 0.15) is 17.0 Å². The number of hydrogen-bond donors (Lipinski definition) is 0. The highest BCUT2D eigenvalue weighted by atomic mass is 32.1. The van der Waals surface area contributed by atoms with Gasteiger partial charge >= 0.3 is 0 Å². The third kappa shape index (κ3) is 2.22. The molecule has 3 aromatic heterocycles. The molecule has 0 N–H and O–H groups in total. The zero-order chi connectivity index (χ0) is 15.2. The Bertz CT molecular complexity index is 893. The maximum absolute atomic E-state index is 4.66. The van der Waals surface area contributed by atoms with Gasteiger partial charge in [0, 0.05) is 22.8 Å². The summed E-state index contributed by atoms with van der Waals surface area (Å²) in [6.45, 7) is 1.99. The molecule has 1 aliphatic heterocycles. The summed E-state index contributed by atoms with van der Waals surface area (Å²) in [5.41, 5.74) is 3.01. The van der Waals surface area contributed by atoms with Crippen molar-refractivity contribution < 1.29 is 0 Å². The summed E-state index contributed by atoms with van der Waals surface area (Å²) >= 11 is 3.71. The van der Waals surface area contributed by atoms with Gasteiger partial charge in [-0.2, -0.15) is 0 Å². The maximum atomic E-state index is 4.66. The van der Waals surface area contributed by atoms with Crippen molar-refractivity contribution in [3.05, 3.63) is 45.2 Å². The fourth-order valence-electron chi connectivity index (χ4n) is 3.70. The number of aromatic nitrogens is 2. The third-order valence-corrected chi connectivity index (χ3v) is 6.97. The fraction of sp³-hybridized carbons (Fsp3) is 0.333. The van der Waals surface area contributed by atoms with E-state index in [1.54, 1.807) is 6.33 Å². The number of hydrogen-bond acceptors (Lipinski definition) is 5. The topological polar surface area (TPSA) is 29.0 Å². The largest absolute Gasteiger partial charge is 0.352 e. The molecule has 116 valence electrons. The van der Waals surface area contributed by atoms with E-state index in [0.29, 0.717) is 0 Å². The van der Waals surface area contributed by atoms with Gasteiger partial charge in [-0.25, -0.2) is 9.97 Å². The van der Waals surface area contributed by atoms with E-state index in [9.17, 15) is 0 Å². The first kappa shape index (κ1) is 13.7. The van der Waals surface area contributed by atoms with Crippen LogP contribution in [-0.2, 0) is 12.8 Å². The number of anilines is 1. The van der Waals surface area contributed by atoms with Gasteiger partial charge in [0.15, 0.2) is 0 Å². The Labute approximate surface area is 143 Å². The summed E-state index contributed by atoms with van der Waals surface area (Å²) in [6.07, 6.45) is 8.90. The Morgan fingerprint density at radius 3 is 2.96 bits per heavy atom. The van der Waals surface area contributed by atoms with Crippen molar-refractivity contribution in [3.8, 4) is 0 Å². The SMILES string of the molecule is C1=C(c2cccs2)CCN(c2ncnc3sc4c(c23)CCC4)C1. The van der Waals surface area contributed by atoms with Gasteiger partial charge in [-0.15, -0.1) is 22.7 Å². The molecule has 4 heterocycles. The van der Waals surface area contributed by atoms with Crippen molar-refractivity contribution in [2.75, 3.05) is 18.0 Å². The van der Waals surface area contributed by atoms with E-state index in [1.165, 1.54) is 50.4 Å². The molecule has 0 unspecified atom stereocenters. The zero-order valence-electron chi connectivity index (χ0n) is 12.8. The van der Waals surface area contributed by atoms with Crippen LogP contribution in [0.15, 0.2) is 29.9 Å². The predicted molar refractivity (Wildman–Crippen MR) is 98.6 cm³/mol. The van der Waals surface area contributed by atoms with Crippen LogP contribution in [0.25, 0.3) is 15.8 Å². The van der Waals surface area contributed by atoms with Gasteiger partial charge in [-0.1, -0.05) is 12.1 Å². The van der Waals surface area contributed by atoms with E-state index in [-0.39, 0.29) is 0 Å². The molecule has 2 aliphatic rings. The molecule has 0 saturated carbocycles. The van der Waals surface area contributed by atoms with Crippen molar-refractivity contribution in [1.82, 2.24) is 9.97 Å². The quantitative estimate of drug-likeness (QED) is 0.686. The molecular formula is C18H17N3S2. The third-order valence-electron chi connectivity index (χ3n) is 4.83. The van der Waals surface area contributed by atoms with Crippen LogP contribution in [0, 0.1) is 0 Å². The minimum Gasteiger partial charge on any atom is -0.352 e. The lowest BCUT2D eigenvalue weighted by Gasteiger charge is -2.27. The highest BCUT2D eigenvalue weighted by molar-refractivity contribution is 7.19. The van der Waals surface area contributed by atoms with Gasteiger partial charge in [0.2, 0.25) is 0 Å². The lowest BCUT2D eigenvalue weighted by Crippen LogP contribution is -2.29. The molecule has 0 atom stereocenters. The Morgan fingerprint density at radius 1 is 1.13 bits per heavy atom. The Hall–Kier alpha value is -1.72.